The van der Waals surface area contributed by atoms with E-state index in [9.17, 15) is 14.4 Å². The van der Waals surface area contributed by atoms with Crippen LogP contribution >= 0.6 is 0 Å². The van der Waals surface area contributed by atoms with Crippen LogP contribution in [0.2, 0.25) is 0 Å². The van der Waals surface area contributed by atoms with Crippen LogP contribution in [-0.4, -0.2) is 41.2 Å². The molecule has 7 heteroatoms. The Morgan fingerprint density at radius 1 is 1.00 bits per heavy atom. The van der Waals surface area contributed by atoms with Gasteiger partial charge >= 0.3 is 0 Å². The van der Waals surface area contributed by atoms with Gasteiger partial charge in [-0.1, -0.05) is 13.8 Å². The van der Waals surface area contributed by atoms with Crippen LogP contribution in [0.25, 0.3) is 0 Å². The summed E-state index contributed by atoms with van der Waals surface area (Å²) in [6, 6.07) is 0. The Labute approximate surface area is 100 Å². The molecule has 0 aliphatic carbocycles. The van der Waals surface area contributed by atoms with E-state index >= 15 is 0 Å². The standard InChI is InChI=1S/C10H20N4O3/c1-3-10(13,4-2)9(17)14(5-7(11)15)6-8(12)16/h3-6,13H2,1-2H3,(H2,11,15)(H2,12,16). The fourth-order valence-corrected chi connectivity index (χ4v) is 1.44. The van der Waals surface area contributed by atoms with Crippen LogP contribution in [0, 0.1) is 0 Å². The van der Waals surface area contributed by atoms with E-state index in [1.165, 1.54) is 0 Å². The van der Waals surface area contributed by atoms with Gasteiger partial charge in [0.15, 0.2) is 0 Å². The van der Waals surface area contributed by atoms with Crippen LogP contribution < -0.4 is 17.2 Å². The number of carbonyl (C=O) groups is 3. The monoisotopic (exact) mass is 244 g/mol. The number of carbonyl (C=O) groups excluding carboxylic acids is 3. The SMILES string of the molecule is CCC(N)(CC)C(=O)N(CC(N)=O)CC(N)=O. The van der Waals surface area contributed by atoms with Gasteiger partial charge in [0.25, 0.3) is 0 Å². The molecule has 98 valence electrons. The highest BCUT2D eigenvalue weighted by atomic mass is 16.2. The molecule has 0 aromatic rings. The first kappa shape index (κ1) is 15.4. The van der Waals surface area contributed by atoms with Crippen molar-refractivity contribution in [2.45, 2.75) is 32.2 Å². The van der Waals surface area contributed by atoms with E-state index in [-0.39, 0.29) is 13.1 Å². The molecule has 0 bridgehead atoms. The zero-order valence-corrected chi connectivity index (χ0v) is 10.2. The van der Waals surface area contributed by atoms with E-state index in [0.29, 0.717) is 12.8 Å². The molecule has 0 aromatic carbocycles. The van der Waals surface area contributed by atoms with Crippen LogP contribution in [0.4, 0.5) is 0 Å². The molecular formula is C10H20N4O3. The predicted octanol–water partition coefficient (Wildman–Crippen LogP) is -1.70. The quantitative estimate of drug-likeness (QED) is 0.492. The molecule has 0 saturated carbocycles. The number of amides is 3. The topological polar surface area (TPSA) is 133 Å². The predicted molar refractivity (Wildman–Crippen MR) is 62.5 cm³/mol. The Balaban J connectivity index is 4.96. The second-order valence-corrected chi connectivity index (χ2v) is 3.96. The van der Waals surface area contributed by atoms with Gasteiger partial charge in [0.2, 0.25) is 17.7 Å². The van der Waals surface area contributed by atoms with Crippen LogP contribution in [0.3, 0.4) is 0 Å². The highest BCUT2D eigenvalue weighted by Crippen LogP contribution is 2.15. The van der Waals surface area contributed by atoms with E-state index in [4.69, 9.17) is 17.2 Å². The summed E-state index contributed by atoms with van der Waals surface area (Å²) in [5.41, 5.74) is 14.8. The second-order valence-electron chi connectivity index (χ2n) is 3.96. The highest BCUT2D eigenvalue weighted by Gasteiger charge is 2.35. The molecule has 0 aromatic heterocycles. The minimum atomic E-state index is -1.09. The van der Waals surface area contributed by atoms with Gasteiger partial charge in [0.05, 0.1) is 18.6 Å². The maximum atomic E-state index is 12.1. The molecule has 0 aliphatic heterocycles. The van der Waals surface area contributed by atoms with Gasteiger partial charge in [-0.2, -0.15) is 0 Å². The fraction of sp³-hybridized carbons (Fsp3) is 0.700. The average Bonchev–Trinajstić information content (AvgIpc) is 2.24. The first-order valence-electron chi connectivity index (χ1n) is 5.41. The molecule has 0 radical (unpaired) electrons. The third kappa shape index (κ3) is 4.39. The number of nitrogens with two attached hydrogens (primary N) is 3. The van der Waals surface area contributed by atoms with E-state index in [0.717, 1.165) is 4.90 Å². The lowest BCUT2D eigenvalue weighted by molar-refractivity contribution is -0.142. The maximum Gasteiger partial charge on any atom is 0.243 e. The van der Waals surface area contributed by atoms with Gasteiger partial charge in [-0.05, 0) is 12.8 Å². The van der Waals surface area contributed by atoms with Gasteiger partial charge in [-0.3, -0.25) is 14.4 Å². The zero-order valence-electron chi connectivity index (χ0n) is 10.2. The van der Waals surface area contributed by atoms with Crippen molar-refractivity contribution in [3.8, 4) is 0 Å². The molecule has 0 rings (SSSR count). The van der Waals surface area contributed by atoms with E-state index in [1.54, 1.807) is 13.8 Å². The van der Waals surface area contributed by atoms with Crippen molar-refractivity contribution in [1.82, 2.24) is 4.90 Å². The Morgan fingerprint density at radius 3 is 1.59 bits per heavy atom. The molecule has 3 amide bonds. The van der Waals surface area contributed by atoms with Crippen molar-refractivity contribution in [3.63, 3.8) is 0 Å². The molecule has 0 atom stereocenters. The van der Waals surface area contributed by atoms with Crippen molar-refractivity contribution in [2.75, 3.05) is 13.1 Å². The van der Waals surface area contributed by atoms with E-state index < -0.39 is 23.3 Å². The summed E-state index contributed by atoms with van der Waals surface area (Å²) in [7, 11) is 0. The first-order valence-corrected chi connectivity index (χ1v) is 5.41. The number of primary amides is 2. The zero-order chi connectivity index (χ0) is 13.6. The Morgan fingerprint density at radius 2 is 1.35 bits per heavy atom. The maximum absolute atomic E-state index is 12.1. The van der Waals surface area contributed by atoms with Crippen LogP contribution in [-0.2, 0) is 14.4 Å². The summed E-state index contributed by atoms with van der Waals surface area (Å²) in [4.78, 5) is 34.8. The van der Waals surface area contributed by atoms with E-state index in [2.05, 4.69) is 0 Å². The number of nitrogens with zero attached hydrogens (tertiary/aromatic N) is 1. The Kier molecular flexibility index (Phi) is 5.60. The lowest BCUT2D eigenvalue weighted by Crippen LogP contribution is -2.57. The lowest BCUT2D eigenvalue weighted by Gasteiger charge is -2.31. The minimum absolute atomic E-state index is 0.360. The summed E-state index contributed by atoms with van der Waals surface area (Å²) in [5.74, 6) is -1.91. The molecule has 0 unspecified atom stereocenters. The average molecular weight is 244 g/mol. The molecule has 0 aliphatic rings. The van der Waals surface area contributed by atoms with Crippen LogP contribution in [0.5, 0.6) is 0 Å². The summed E-state index contributed by atoms with van der Waals surface area (Å²) in [6.07, 6.45) is 0.798. The van der Waals surface area contributed by atoms with Crippen LogP contribution in [0.1, 0.15) is 26.7 Å². The fourth-order valence-electron chi connectivity index (χ4n) is 1.44. The van der Waals surface area contributed by atoms with Gasteiger partial charge in [-0.15, -0.1) is 0 Å². The third-order valence-corrected chi connectivity index (χ3v) is 2.67. The normalized spacial score (nSPS) is 11.0. The summed E-state index contributed by atoms with van der Waals surface area (Å²) in [6.45, 7) is 2.80. The summed E-state index contributed by atoms with van der Waals surface area (Å²) >= 11 is 0. The molecule has 0 heterocycles. The van der Waals surface area contributed by atoms with Gasteiger partial charge in [-0.25, -0.2) is 0 Å². The molecule has 0 saturated heterocycles. The molecular weight excluding hydrogens is 224 g/mol. The van der Waals surface area contributed by atoms with Crippen molar-refractivity contribution < 1.29 is 14.4 Å². The van der Waals surface area contributed by atoms with Crippen molar-refractivity contribution in [3.05, 3.63) is 0 Å². The largest absolute Gasteiger partial charge is 0.368 e. The van der Waals surface area contributed by atoms with Gasteiger partial charge < -0.3 is 22.1 Å². The summed E-state index contributed by atoms with van der Waals surface area (Å²) < 4.78 is 0. The van der Waals surface area contributed by atoms with Gasteiger partial charge in [0.1, 0.15) is 0 Å². The highest BCUT2D eigenvalue weighted by molar-refractivity contribution is 5.92. The number of hydrogen-bond acceptors (Lipinski definition) is 4. The van der Waals surface area contributed by atoms with E-state index in [1.807, 2.05) is 0 Å². The van der Waals surface area contributed by atoms with Crippen molar-refractivity contribution in [2.24, 2.45) is 17.2 Å². The number of rotatable bonds is 7. The summed E-state index contributed by atoms with van der Waals surface area (Å²) in [5, 5.41) is 0. The van der Waals surface area contributed by atoms with Crippen molar-refractivity contribution >= 4 is 17.7 Å². The molecule has 6 N–H and O–H groups in total. The Bertz CT molecular complexity index is 297. The molecule has 7 nitrogen and oxygen atoms in total. The van der Waals surface area contributed by atoms with Gasteiger partial charge in [0, 0.05) is 0 Å². The number of hydrogen-bond donors (Lipinski definition) is 3. The Hall–Kier alpha value is -1.63. The lowest BCUT2D eigenvalue weighted by atomic mass is 9.92. The smallest absolute Gasteiger partial charge is 0.243 e. The third-order valence-electron chi connectivity index (χ3n) is 2.67. The molecule has 0 spiro atoms. The first-order chi connectivity index (χ1) is 7.76. The molecule has 0 fully saturated rings. The van der Waals surface area contributed by atoms with Crippen LogP contribution in [0.15, 0.2) is 0 Å². The second kappa shape index (κ2) is 6.19. The van der Waals surface area contributed by atoms with Crippen molar-refractivity contribution in [1.29, 1.82) is 0 Å². The molecule has 17 heavy (non-hydrogen) atoms. The minimum Gasteiger partial charge on any atom is -0.368 e.